The van der Waals surface area contributed by atoms with E-state index in [2.05, 4.69) is 18.5 Å². The Labute approximate surface area is 302 Å². The number of carbonyl (C=O) groups is 4. The van der Waals surface area contributed by atoms with Crippen molar-refractivity contribution in [1.29, 1.82) is 0 Å². The lowest BCUT2D eigenvalue weighted by Gasteiger charge is -2.09. The van der Waals surface area contributed by atoms with Gasteiger partial charge in [0.1, 0.15) is 23.9 Å². The van der Waals surface area contributed by atoms with Crippen molar-refractivity contribution in [3.63, 3.8) is 0 Å². The molecule has 0 fully saturated rings. The minimum atomic E-state index is -0.614. The summed E-state index contributed by atoms with van der Waals surface area (Å²) in [5.74, 6) is -1.27. The van der Waals surface area contributed by atoms with Crippen LogP contribution in [0, 0.1) is 5.82 Å². The second-order valence-corrected chi connectivity index (χ2v) is 11.4. The van der Waals surface area contributed by atoms with Crippen LogP contribution < -0.4 is 14.8 Å². The van der Waals surface area contributed by atoms with E-state index in [-0.39, 0.29) is 19.1 Å². The first-order valence-corrected chi connectivity index (χ1v) is 16.8. The fourth-order valence-electron chi connectivity index (χ4n) is 4.90. The van der Waals surface area contributed by atoms with Crippen LogP contribution in [0.25, 0.3) is 28.3 Å². The van der Waals surface area contributed by atoms with Gasteiger partial charge < -0.3 is 24.3 Å². The molecule has 0 aliphatic heterocycles. The van der Waals surface area contributed by atoms with Gasteiger partial charge in [-0.2, -0.15) is 0 Å². The average molecular weight is 706 g/mol. The van der Waals surface area contributed by atoms with Gasteiger partial charge in [0.2, 0.25) is 0 Å². The highest BCUT2D eigenvalue weighted by atomic mass is 19.1. The van der Waals surface area contributed by atoms with Gasteiger partial charge in [-0.3, -0.25) is 4.79 Å². The van der Waals surface area contributed by atoms with Crippen molar-refractivity contribution in [2.24, 2.45) is 0 Å². The Morgan fingerprint density at radius 2 is 1.21 bits per heavy atom. The Balaban J connectivity index is 1.20. The lowest BCUT2D eigenvalue weighted by atomic mass is 10.0. The van der Waals surface area contributed by atoms with Crippen LogP contribution in [0.4, 0.5) is 4.39 Å². The SMILES string of the molecule is C=CC(=O)OCCCCCCOc1ccc(-c2ccc(/C=C/C(=O)Oc3ccc(-c4ccc(C(=O)NCCOC(=O)C=C)cc4)cc3)cc2F)cc1. The van der Waals surface area contributed by atoms with E-state index >= 15 is 4.39 Å². The molecule has 0 saturated heterocycles. The van der Waals surface area contributed by atoms with Crippen LogP contribution in [0.5, 0.6) is 11.5 Å². The van der Waals surface area contributed by atoms with Crippen LogP contribution >= 0.6 is 0 Å². The third kappa shape index (κ3) is 12.5. The molecule has 268 valence electrons. The molecule has 0 aliphatic carbocycles. The minimum Gasteiger partial charge on any atom is -0.494 e. The van der Waals surface area contributed by atoms with Crippen LogP contribution in [0.2, 0.25) is 0 Å². The van der Waals surface area contributed by atoms with Gasteiger partial charge in [0.15, 0.2) is 0 Å². The number of hydrogen-bond donors (Lipinski definition) is 1. The summed E-state index contributed by atoms with van der Waals surface area (Å²) in [5, 5.41) is 2.68. The Bertz CT molecular complexity index is 1870. The topological polar surface area (TPSA) is 117 Å². The second-order valence-electron chi connectivity index (χ2n) is 11.4. The summed E-state index contributed by atoms with van der Waals surface area (Å²) in [7, 11) is 0. The first kappa shape index (κ1) is 38.5. The zero-order valence-electron chi connectivity index (χ0n) is 28.7. The molecule has 0 heterocycles. The standard InChI is InChI=1S/C42H40FNO8/c1-3-39(45)50-27-8-6-5-7-26-49-35-19-17-33(18-20-35)37-23-9-30(29-38(37)43)10-24-41(47)52-36-21-15-32(16-22-36)31-11-13-34(14-12-31)42(48)44-25-28-51-40(46)4-2/h3-4,9-24,29H,1-2,5-8,25-28H2,(H,44,48)/b24-10+. The van der Waals surface area contributed by atoms with Gasteiger partial charge in [0.05, 0.1) is 19.8 Å². The van der Waals surface area contributed by atoms with Gasteiger partial charge in [-0.05, 0) is 96.5 Å². The van der Waals surface area contributed by atoms with E-state index in [0.29, 0.717) is 47.0 Å². The first-order valence-electron chi connectivity index (χ1n) is 16.8. The highest BCUT2D eigenvalue weighted by Crippen LogP contribution is 2.27. The number of ether oxygens (including phenoxy) is 4. The van der Waals surface area contributed by atoms with E-state index in [1.807, 2.05) is 0 Å². The molecule has 4 rings (SSSR count). The summed E-state index contributed by atoms with van der Waals surface area (Å²) in [6, 6.07) is 25.8. The van der Waals surface area contributed by atoms with Crippen LogP contribution in [-0.2, 0) is 23.9 Å². The highest BCUT2D eigenvalue weighted by Gasteiger charge is 2.09. The fourth-order valence-corrected chi connectivity index (χ4v) is 4.90. The summed E-state index contributed by atoms with van der Waals surface area (Å²) >= 11 is 0. The summed E-state index contributed by atoms with van der Waals surface area (Å²) in [4.78, 5) is 46.9. The molecule has 0 atom stereocenters. The van der Waals surface area contributed by atoms with E-state index < -0.39 is 23.7 Å². The first-order chi connectivity index (χ1) is 25.2. The molecule has 1 amide bonds. The largest absolute Gasteiger partial charge is 0.494 e. The highest BCUT2D eigenvalue weighted by molar-refractivity contribution is 5.94. The maximum Gasteiger partial charge on any atom is 0.336 e. The molecular weight excluding hydrogens is 665 g/mol. The predicted octanol–water partition coefficient (Wildman–Crippen LogP) is 7.91. The number of amides is 1. The molecule has 10 heteroatoms. The van der Waals surface area contributed by atoms with E-state index in [1.54, 1.807) is 84.9 Å². The smallest absolute Gasteiger partial charge is 0.336 e. The van der Waals surface area contributed by atoms with Crippen LogP contribution in [-0.4, -0.2) is 50.2 Å². The van der Waals surface area contributed by atoms with Gasteiger partial charge in [-0.15, -0.1) is 0 Å². The number of nitrogens with one attached hydrogen (secondary N) is 1. The lowest BCUT2D eigenvalue weighted by Crippen LogP contribution is -2.27. The average Bonchev–Trinajstić information content (AvgIpc) is 3.17. The van der Waals surface area contributed by atoms with Crippen LogP contribution in [0.1, 0.15) is 41.6 Å². The van der Waals surface area contributed by atoms with E-state index in [1.165, 1.54) is 18.2 Å². The number of hydrogen-bond acceptors (Lipinski definition) is 8. The zero-order valence-corrected chi connectivity index (χ0v) is 28.7. The summed E-state index contributed by atoms with van der Waals surface area (Å²) in [6.07, 6.45) is 8.46. The molecule has 9 nitrogen and oxygen atoms in total. The van der Waals surface area contributed by atoms with Crippen LogP contribution in [0.3, 0.4) is 0 Å². The zero-order chi connectivity index (χ0) is 37.1. The van der Waals surface area contributed by atoms with Gasteiger partial charge in [0.25, 0.3) is 5.91 Å². The Hall–Kier alpha value is -6.29. The minimum absolute atomic E-state index is 0.0462. The molecule has 0 radical (unpaired) electrons. The quantitative estimate of drug-likeness (QED) is 0.0453. The van der Waals surface area contributed by atoms with Crippen molar-refractivity contribution in [2.75, 3.05) is 26.4 Å². The van der Waals surface area contributed by atoms with E-state index in [9.17, 15) is 19.2 Å². The van der Waals surface area contributed by atoms with Gasteiger partial charge in [0, 0.05) is 29.4 Å². The summed E-state index contributed by atoms with van der Waals surface area (Å²) in [6.45, 7) is 7.83. The maximum atomic E-state index is 15.0. The molecule has 1 N–H and O–H groups in total. The number of benzene rings is 4. The number of carbonyl (C=O) groups excluding carboxylic acids is 4. The molecule has 0 aliphatic rings. The summed E-state index contributed by atoms with van der Waals surface area (Å²) in [5.41, 5.74) is 3.78. The van der Waals surface area contributed by atoms with Crippen molar-refractivity contribution in [1.82, 2.24) is 5.32 Å². The molecule has 0 bridgehead atoms. The molecule has 4 aromatic rings. The van der Waals surface area contributed by atoms with Gasteiger partial charge >= 0.3 is 17.9 Å². The van der Waals surface area contributed by atoms with Gasteiger partial charge in [-0.1, -0.05) is 61.7 Å². The number of esters is 3. The van der Waals surface area contributed by atoms with Crippen molar-refractivity contribution in [3.05, 3.63) is 139 Å². The lowest BCUT2D eigenvalue weighted by molar-refractivity contribution is -0.138. The third-order valence-electron chi connectivity index (χ3n) is 7.64. The normalized spacial score (nSPS) is 10.6. The van der Waals surface area contributed by atoms with Crippen molar-refractivity contribution < 1.29 is 42.5 Å². The molecular formula is C42H40FNO8. The Morgan fingerprint density at radius 1 is 0.635 bits per heavy atom. The van der Waals surface area contributed by atoms with Crippen molar-refractivity contribution in [2.45, 2.75) is 25.7 Å². The molecule has 0 saturated carbocycles. The molecule has 0 unspecified atom stereocenters. The molecule has 0 aromatic heterocycles. The fraction of sp³-hybridized carbons (Fsp3) is 0.190. The van der Waals surface area contributed by atoms with Crippen molar-refractivity contribution >= 4 is 29.9 Å². The maximum absolute atomic E-state index is 15.0. The summed E-state index contributed by atoms with van der Waals surface area (Å²) < 4.78 is 36.0. The molecule has 0 spiro atoms. The number of unbranched alkanes of at least 4 members (excludes halogenated alkanes) is 3. The van der Waals surface area contributed by atoms with E-state index in [0.717, 1.165) is 49.0 Å². The molecule has 4 aromatic carbocycles. The predicted molar refractivity (Wildman–Crippen MR) is 197 cm³/mol. The third-order valence-corrected chi connectivity index (χ3v) is 7.64. The monoisotopic (exact) mass is 705 g/mol. The molecule has 52 heavy (non-hydrogen) atoms. The second kappa shape index (κ2) is 20.4. The van der Waals surface area contributed by atoms with Crippen molar-refractivity contribution in [3.8, 4) is 33.8 Å². The Kier molecular flexibility index (Phi) is 15.1. The Morgan fingerprint density at radius 3 is 1.85 bits per heavy atom. The number of halogens is 1. The van der Waals surface area contributed by atoms with Gasteiger partial charge in [-0.25, -0.2) is 18.8 Å². The van der Waals surface area contributed by atoms with Crippen LogP contribution in [0.15, 0.2) is 122 Å². The van der Waals surface area contributed by atoms with E-state index in [4.69, 9.17) is 18.9 Å². The number of rotatable bonds is 19.